The second kappa shape index (κ2) is 4.77. The zero-order chi connectivity index (χ0) is 7.28. The molecule has 0 rings (SSSR count). The lowest BCUT2D eigenvalue weighted by Gasteiger charge is -2.13. The summed E-state index contributed by atoms with van der Waals surface area (Å²) >= 11 is 0. The van der Waals surface area contributed by atoms with E-state index in [1.807, 2.05) is 13.8 Å². The van der Waals surface area contributed by atoms with Gasteiger partial charge in [0, 0.05) is 6.04 Å². The molecule has 2 N–H and O–H groups in total. The fourth-order valence-electron chi connectivity index (χ4n) is 0.742. The highest BCUT2D eigenvalue weighted by atomic mass is 16.3. The predicted octanol–water partition coefficient (Wildman–Crippen LogP) is 1.10. The van der Waals surface area contributed by atoms with E-state index in [0.717, 1.165) is 12.8 Å². The third kappa shape index (κ3) is 5.80. The highest BCUT2D eigenvalue weighted by Gasteiger charge is 2.01. The molecule has 0 heterocycles. The van der Waals surface area contributed by atoms with Crippen molar-refractivity contribution in [2.45, 2.75) is 45.9 Å². The smallest absolute Gasteiger partial charge is 0.105 e. The Morgan fingerprint density at radius 2 is 2.00 bits per heavy atom. The van der Waals surface area contributed by atoms with Crippen molar-refractivity contribution >= 4 is 0 Å². The van der Waals surface area contributed by atoms with Crippen molar-refractivity contribution in [2.75, 3.05) is 0 Å². The Labute approximate surface area is 57.3 Å². The Morgan fingerprint density at radius 3 is 2.33 bits per heavy atom. The summed E-state index contributed by atoms with van der Waals surface area (Å²) in [5, 5.41) is 12.1. The fourth-order valence-corrected chi connectivity index (χ4v) is 0.742. The molecule has 56 valence electrons. The van der Waals surface area contributed by atoms with Crippen LogP contribution >= 0.6 is 0 Å². The van der Waals surface area contributed by atoms with E-state index in [0.29, 0.717) is 6.04 Å². The van der Waals surface area contributed by atoms with E-state index >= 15 is 0 Å². The van der Waals surface area contributed by atoms with Gasteiger partial charge in [-0.25, -0.2) is 0 Å². The van der Waals surface area contributed by atoms with E-state index in [9.17, 15) is 0 Å². The highest BCUT2D eigenvalue weighted by molar-refractivity contribution is 4.55. The van der Waals surface area contributed by atoms with Gasteiger partial charge in [-0.1, -0.05) is 13.3 Å². The van der Waals surface area contributed by atoms with E-state index in [1.54, 1.807) is 0 Å². The van der Waals surface area contributed by atoms with Crippen LogP contribution in [0.25, 0.3) is 0 Å². The van der Waals surface area contributed by atoms with Crippen LogP contribution < -0.4 is 5.32 Å². The first kappa shape index (κ1) is 8.92. The molecular weight excluding hydrogens is 114 g/mol. The van der Waals surface area contributed by atoms with Crippen molar-refractivity contribution in [2.24, 2.45) is 0 Å². The Balaban J connectivity index is 3.15. The summed E-state index contributed by atoms with van der Waals surface area (Å²) in [6.07, 6.45) is 1.56. The SMILES string of the molecule is CCCC(O)NC(C)C. The minimum absolute atomic E-state index is 0.310. The molecule has 0 amide bonds. The molecule has 1 unspecified atom stereocenters. The van der Waals surface area contributed by atoms with Crippen molar-refractivity contribution in [3.8, 4) is 0 Å². The van der Waals surface area contributed by atoms with Crippen LogP contribution in [0.4, 0.5) is 0 Å². The molecule has 0 saturated carbocycles. The number of rotatable bonds is 4. The predicted molar refractivity (Wildman–Crippen MR) is 39.2 cm³/mol. The minimum Gasteiger partial charge on any atom is -0.379 e. The maximum atomic E-state index is 9.11. The topological polar surface area (TPSA) is 32.3 Å². The van der Waals surface area contributed by atoms with Gasteiger partial charge in [-0.3, -0.25) is 5.32 Å². The van der Waals surface area contributed by atoms with Gasteiger partial charge in [-0.2, -0.15) is 0 Å². The van der Waals surface area contributed by atoms with Crippen LogP contribution in [0, 0.1) is 0 Å². The van der Waals surface area contributed by atoms with Crippen LogP contribution in [-0.2, 0) is 0 Å². The summed E-state index contributed by atoms with van der Waals surface area (Å²) in [4.78, 5) is 0. The van der Waals surface area contributed by atoms with Gasteiger partial charge in [0.15, 0.2) is 0 Å². The molecule has 0 aliphatic heterocycles. The van der Waals surface area contributed by atoms with E-state index in [2.05, 4.69) is 12.2 Å². The van der Waals surface area contributed by atoms with Crippen molar-refractivity contribution < 1.29 is 5.11 Å². The zero-order valence-corrected chi connectivity index (χ0v) is 6.52. The molecule has 0 bridgehead atoms. The molecule has 9 heavy (non-hydrogen) atoms. The lowest BCUT2D eigenvalue weighted by molar-refractivity contribution is 0.117. The summed E-state index contributed by atoms with van der Waals surface area (Å²) in [7, 11) is 0. The first-order chi connectivity index (χ1) is 4.16. The largest absolute Gasteiger partial charge is 0.379 e. The van der Waals surface area contributed by atoms with E-state index in [1.165, 1.54) is 0 Å². The quantitative estimate of drug-likeness (QED) is 0.560. The van der Waals surface area contributed by atoms with Crippen LogP contribution in [0.5, 0.6) is 0 Å². The maximum Gasteiger partial charge on any atom is 0.105 e. The van der Waals surface area contributed by atoms with Crippen LogP contribution in [0.1, 0.15) is 33.6 Å². The highest BCUT2D eigenvalue weighted by Crippen LogP contribution is 1.92. The molecule has 0 aliphatic rings. The van der Waals surface area contributed by atoms with Gasteiger partial charge in [0.25, 0.3) is 0 Å². The molecular formula is C7H17NO. The monoisotopic (exact) mass is 131 g/mol. The van der Waals surface area contributed by atoms with Crippen LogP contribution in [0.2, 0.25) is 0 Å². The Morgan fingerprint density at radius 1 is 1.44 bits per heavy atom. The summed E-state index contributed by atoms with van der Waals surface area (Å²) < 4.78 is 0. The van der Waals surface area contributed by atoms with Crippen LogP contribution in [0.15, 0.2) is 0 Å². The molecule has 0 saturated heterocycles. The third-order valence-electron chi connectivity index (χ3n) is 1.09. The van der Waals surface area contributed by atoms with E-state index in [4.69, 9.17) is 5.11 Å². The maximum absolute atomic E-state index is 9.11. The number of aliphatic hydroxyl groups excluding tert-OH is 1. The fraction of sp³-hybridized carbons (Fsp3) is 1.00. The molecule has 1 atom stereocenters. The van der Waals surface area contributed by atoms with E-state index < -0.39 is 0 Å². The Bertz CT molecular complexity index is 63.9. The van der Waals surface area contributed by atoms with E-state index in [-0.39, 0.29) is 6.23 Å². The molecule has 0 spiro atoms. The number of aliphatic hydroxyl groups is 1. The first-order valence-corrected chi connectivity index (χ1v) is 3.61. The van der Waals surface area contributed by atoms with Gasteiger partial charge in [-0.05, 0) is 20.3 Å². The molecule has 2 heteroatoms. The average Bonchev–Trinajstić information content (AvgIpc) is 1.63. The standard InChI is InChI=1S/C7H17NO/c1-4-5-7(9)8-6(2)3/h6-9H,4-5H2,1-3H3. The molecule has 0 aromatic rings. The minimum atomic E-state index is -0.310. The number of hydrogen-bond acceptors (Lipinski definition) is 2. The van der Waals surface area contributed by atoms with Gasteiger partial charge in [0.1, 0.15) is 6.23 Å². The second-order valence-electron chi connectivity index (χ2n) is 2.63. The van der Waals surface area contributed by atoms with Crippen molar-refractivity contribution in [1.82, 2.24) is 5.32 Å². The lowest BCUT2D eigenvalue weighted by Crippen LogP contribution is -2.34. The molecule has 0 radical (unpaired) electrons. The molecule has 0 aromatic heterocycles. The van der Waals surface area contributed by atoms with Crippen LogP contribution in [-0.4, -0.2) is 17.4 Å². The summed E-state index contributed by atoms with van der Waals surface area (Å²) in [5.41, 5.74) is 0. The normalized spacial score (nSPS) is 14.3. The van der Waals surface area contributed by atoms with Crippen molar-refractivity contribution in [3.05, 3.63) is 0 Å². The molecule has 0 aliphatic carbocycles. The first-order valence-electron chi connectivity index (χ1n) is 3.61. The summed E-state index contributed by atoms with van der Waals surface area (Å²) in [6.45, 7) is 6.11. The summed E-state index contributed by atoms with van der Waals surface area (Å²) in [5.74, 6) is 0. The van der Waals surface area contributed by atoms with Gasteiger partial charge >= 0.3 is 0 Å². The zero-order valence-electron chi connectivity index (χ0n) is 6.52. The van der Waals surface area contributed by atoms with Crippen LogP contribution in [0.3, 0.4) is 0 Å². The third-order valence-corrected chi connectivity index (χ3v) is 1.09. The van der Waals surface area contributed by atoms with Gasteiger partial charge in [0.2, 0.25) is 0 Å². The molecule has 2 nitrogen and oxygen atoms in total. The number of nitrogens with one attached hydrogen (secondary N) is 1. The molecule has 0 fully saturated rings. The average molecular weight is 131 g/mol. The van der Waals surface area contributed by atoms with Gasteiger partial charge in [-0.15, -0.1) is 0 Å². The van der Waals surface area contributed by atoms with Crippen molar-refractivity contribution in [3.63, 3.8) is 0 Å². The van der Waals surface area contributed by atoms with Gasteiger partial charge in [0.05, 0.1) is 0 Å². The van der Waals surface area contributed by atoms with Gasteiger partial charge < -0.3 is 5.11 Å². The van der Waals surface area contributed by atoms with Crippen molar-refractivity contribution in [1.29, 1.82) is 0 Å². The Kier molecular flexibility index (Phi) is 4.72. The number of hydrogen-bond donors (Lipinski definition) is 2. The second-order valence-corrected chi connectivity index (χ2v) is 2.63. The summed E-state index contributed by atoms with van der Waals surface area (Å²) in [6, 6.07) is 0.381. The molecule has 0 aromatic carbocycles. The Hall–Kier alpha value is -0.0800. The lowest BCUT2D eigenvalue weighted by atomic mass is 10.3.